The van der Waals surface area contributed by atoms with Gasteiger partial charge in [0.25, 0.3) is 6.01 Å². The van der Waals surface area contributed by atoms with Crippen molar-refractivity contribution in [1.29, 1.82) is 0 Å². The zero-order chi connectivity index (χ0) is 17.0. The number of anilines is 2. The van der Waals surface area contributed by atoms with E-state index in [9.17, 15) is 14.7 Å². The molecular weight excluding hydrogens is 380 g/mol. The fourth-order valence-corrected chi connectivity index (χ4v) is 3.87. The topological polar surface area (TPSA) is 98.9 Å². The largest absolute Gasteiger partial charge is 0.465 e. The highest BCUT2D eigenvalue weighted by Gasteiger charge is 2.48. The highest BCUT2D eigenvalue weighted by Crippen LogP contribution is 2.38. The second-order valence-corrected chi connectivity index (χ2v) is 6.94. The molecule has 0 spiro atoms. The zero-order valence-electron chi connectivity index (χ0n) is 12.8. The molecule has 2 amide bonds. The SMILES string of the molecule is CC(=O)Nc1ccc(Br)c2oc(N3CC4CC(C3)N4C(=O)O)nc12. The van der Waals surface area contributed by atoms with E-state index >= 15 is 0 Å². The van der Waals surface area contributed by atoms with E-state index in [4.69, 9.17) is 4.42 Å². The van der Waals surface area contributed by atoms with Crippen molar-refractivity contribution in [1.82, 2.24) is 9.88 Å². The van der Waals surface area contributed by atoms with Gasteiger partial charge >= 0.3 is 6.09 Å². The molecule has 9 heteroatoms. The summed E-state index contributed by atoms with van der Waals surface area (Å²) in [4.78, 5) is 30.5. The summed E-state index contributed by atoms with van der Waals surface area (Å²) in [6, 6.07) is 3.97. The van der Waals surface area contributed by atoms with Gasteiger partial charge in [0.2, 0.25) is 5.91 Å². The number of piperidine rings is 1. The van der Waals surface area contributed by atoms with E-state index in [1.165, 1.54) is 11.8 Å². The molecule has 0 saturated carbocycles. The molecule has 2 unspecified atom stereocenters. The van der Waals surface area contributed by atoms with Crippen molar-refractivity contribution >= 4 is 50.7 Å². The van der Waals surface area contributed by atoms with Gasteiger partial charge in [0.1, 0.15) is 5.52 Å². The molecule has 2 N–H and O–H groups in total. The summed E-state index contributed by atoms with van der Waals surface area (Å²) in [5, 5.41) is 11.9. The van der Waals surface area contributed by atoms with Crippen molar-refractivity contribution in [3.63, 3.8) is 0 Å². The van der Waals surface area contributed by atoms with Crippen LogP contribution in [-0.4, -0.2) is 52.2 Å². The van der Waals surface area contributed by atoms with Crippen LogP contribution >= 0.6 is 15.9 Å². The molecular formula is C15H15BrN4O4. The summed E-state index contributed by atoms with van der Waals surface area (Å²) in [5.74, 6) is -0.181. The molecule has 3 aliphatic heterocycles. The van der Waals surface area contributed by atoms with Crippen LogP contribution in [-0.2, 0) is 4.79 Å². The summed E-state index contributed by atoms with van der Waals surface area (Å²) in [6.07, 6.45) is 0.00768. The number of rotatable bonds is 2. The standard InChI is InChI=1S/C15H15BrN4O4/c1-7(21)17-11-3-2-10(16)13-12(11)18-14(24-13)19-5-8-4-9(6-19)20(8)15(22)23/h2-3,8-9H,4-6H2,1H3,(H,17,21)(H,22,23). The normalized spacial score (nSPS) is 22.4. The Bertz CT molecular complexity index is 839. The highest BCUT2D eigenvalue weighted by molar-refractivity contribution is 9.10. The first-order chi connectivity index (χ1) is 11.4. The van der Waals surface area contributed by atoms with Crippen LogP contribution in [0.3, 0.4) is 0 Å². The lowest BCUT2D eigenvalue weighted by Gasteiger charge is -2.54. The number of piperazine rings is 1. The van der Waals surface area contributed by atoms with Gasteiger partial charge in [-0.05, 0) is 34.5 Å². The first kappa shape index (κ1) is 15.3. The number of hydrogen-bond acceptors (Lipinski definition) is 5. The van der Waals surface area contributed by atoms with E-state index in [0.717, 1.165) is 10.9 Å². The van der Waals surface area contributed by atoms with Crippen molar-refractivity contribution in [2.45, 2.75) is 25.4 Å². The van der Waals surface area contributed by atoms with Gasteiger partial charge in [-0.15, -0.1) is 0 Å². The number of oxazole rings is 1. The predicted molar refractivity (Wildman–Crippen MR) is 90.3 cm³/mol. The molecule has 2 aromatic rings. The maximum Gasteiger partial charge on any atom is 0.407 e. The molecule has 0 radical (unpaired) electrons. The van der Waals surface area contributed by atoms with Crippen LogP contribution in [0.5, 0.6) is 0 Å². The number of nitrogens with one attached hydrogen (secondary N) is 1. The van der Waals surface area contributed by atoms with Gasteiger partial charge in [-0.25, -0.2) is 4.79 Å². The monoisotopic (exact) mass is 394 g/mol. The van der Waals surface area contributed by atoms with Gasteiger partial charge in [-0.3, -0.25) is 9.69 Å². The molecule has 5 rings (SSSR count). The van der Waals surface area contributed by atoms with Crippen molar-refractivity contribution in [2.24, 2.45) is 0 Å². The Morgan fingerprint density at radius 1 is 1.38 bits per heavy atom. The molecule has 3 fully saturated rings. The number of fused-ring (bicyclic) bond motifs is 3. The number of carboxylic acid groups (broad SMARTS) is 1. The van der Waals surface area contributed by atoms with Crippen LogP contribution in [0.1, 0.15) is 13.3 Å². The lowest BCUT2D eigenvalue weighted by Crippen LogP contribution is -2.70. The lowest BCUT2D eigenvalue weighted by molar-refractivity contribution is -0.114. The Kier molecular flexibility index (Phi) is 3.41. The average molecular weight is 395 g/mol. The Morgan fingerprint density at radius 2 is 2.08 bits per heavy atom. The Labute approximate surface area is 145 Å². The minimum Gasteiger partial charge on any atom is -0.465 e. The number of nitrogens with zero attached hydrogens (tertiary/aromatic N) is 3. The van der Waals surface area contributed by atoms with Crippen LogP contribution < -0.4 is 10.2 Å². The van der Waals surface area contributed by atoms with Gasteiger partial charge in [0.15, 0.2) is 5.58 Å². The maximum atomic E-state index is 11.3. The van der Waals surface area contributed by atoms with E-state index in [2.05, 4.69) is 26.2 Å². The molecule has 1 aromatic carbocycles. The third kappa shape index (κ3) is 2.31. The smallest absolute Gasteiger partial charge is 0.407 e. The predicted octanol–water partition coefficient (Wildman–Crippen LogP) is 2.49. The van der Waals surface area contributed by atoms with E-state index in [1.54, 1.807) is 12.1 Å². The molecule has 2 bridgehead atoms. The number of hydrogen-bond donors (Lipinski definition) is 2. The number of aromatic nitrogens is 1. The van der Waals surface area contributed by atoms with Crippen LogP contribution in [0, 0.1) is 0 Å². The fraction of sp³-hybridized carbons (Fsp3) is 0.400. The fourth-order valence-electron chi connectivity index (χ4n) is 3.47. The highest BCUT2D eigenvalue weighted by atomic mass is 79.9. The molecule has 4 heterocycles. The van der Waals surface area contributed by atoms with Gasteiger partial charge < -0.3 is 19.7 Å². The van der Waals surface area contributed by atoms with Crippen molar-refractivity contribution in [3.05, 3.63) is 16.6 Å². The minimum atomic E-state index is -0.871. The minimum absolute atomic E-state index is 0.0190. The molecule has 0 aliphatic carbocycles. The van der Waals surface area contributed by atoms with E-state index < -0.39 is 6.09 Å². The van der Waals surface area contributed by atoms with Gasteiger partial charge in [0.05, 0.1) is 22.2 Å². The van der Waals surface area contributed by atoms with E-state index in [-0.39, 0.29) is 18.0 Å². The second-order valence-electron chi connectivity index (χ2n) is 6.09. The van der Waals surface area contributed by atoms with Crippen LogP contribution in [0.4, 0.5) is 16.5 Å². The second kappa shape index (κ2) is 5.37. The Hall–Kier alpha value is -2.29. The molecule has 8 nitrogen and oxygen atoms in total. The third-order valence-corrected chi connectivity index (χ3v) is 5.10. The summed E-state index contributed by atoms with van der Waals surface area (Å²) in [6.45, 7) is 2.55. The van der Waals surface area contributed by atoms with Crippen LogP contribution in [0.15, 0.2) is 21.0 Å². The zero-order valence-corrected chi connectivity index (χ0v) is 14.4. The van der Waals surface area contributed by atoms with Crippen molar-refractivity contribution in [2.75, 3.05) is 23.3 Å². The van der Waals surface area contributed by atoms with Crippen molar-refractivity contribution < 1.29 is 19.1 Å². The molecule has 3 aliphatic rings. The van der Waals surface area contributed by atoms with Crippen LogP contribution in [0.2, 0.25) is 0 Å². The number of benzene rings is 1. The number of halogens is 1. The number of carbonyl (C=O) groups excluding carboxylic acids is 1. The first-order valence-electron chi connectivity index (χ1n) is 7.57. The number of carbonyl (C=O) groups is 2. The summed E-state index contributed by atoms with van der Waals surface area (Å²) >= 11 is 3.43. The van der Waals surface area contributed by atoms with Crippen molar-refractivity contribution in [3.8, 4) is 0 Å². The Balaban J connectivity index is 1.66. The summed E-state index contributed by atoms with van der Waals surface area (Å²) in [7, 11) is 0. The third-order valence-electron chi connectivity index (χ3n) is 4.48. The van der Waals surface area contributed by atoms with Gasteiger partial charge in [0, 0.05) is 20.0 Å². The average Bonchev–Trinajstić information content (AvgIpc) is 2.95. The summed E-state index contributed by atoms with van der Waals surface area (Å²) in [5.41, 5.74) is 1.72. The molecule has 126 valence electrons. The van der Waals surface area contributed by atoms with Crippen LogP contribution in [0.25, 0.3) is 11.1 Å². The Morgan fingerprint density at radius 3 is 2.71 bits per heavy atom. The molecule has 24 heavy (non-hydrogen) atoms. The van der Waals surface area contributed by atoms with Gasteiger partial charge in [-0.2, -0.15) is 4.98 Å². The molecule has 1 aromatic heterocycles. The quantitative estimate of drug-likeness (QED) is 0.811. The summed E-state index contributed by atoms with van der Waals surface area (Å²) < 4.78 is 6.63. The van der Waals surface area contributed by atoms with Gasteiger partial charge in [-0.1, -0.05) is 0 Å². The number of amides is 2. The molecule has 3 saturated heterocycles. The first-order valence-corrected chi connectivity index (χ1v) is 8.36. The van der Waals surface area contributed by atoms with E-state index in [0.29, 0.717) is 35.9 Å². The van der Waals surface area contributed by atoms with E-state index in [1.807, 2.05) is 4.90 Å². The lowest BCUT2D eigenvalue weighted by atomic mass is 9.88. The molecule has 2 atom stereocenters. The maximum absolute atomic E-state index is 11.3.